The van der Waals surface area contributed by atoms with Crippen LogP contribution in [0.25, 0.3) is 0 Å². The lowest BCUT2D eigenvalue weighted by Gasteiger charge is -2.12. The molecule has 0 radical (unpaired) electrons. The molecule has 0 aliphatic rings. The largest absolute Gasteiger partial charge is 0.524 e. The molecule has 0 aliphatic carbocycles. The number of phenols is 3. The molecule has 0 amide bonds. The van der Waals surface area contributed by atoms with Gasteiger partial charge in [-0.25, -0.2) is 4.57 Å². The molecular weight excluding hydrogens is 227 g/mol. The Balaban J connectivity index is 3.30. The predicted octanol–water partition coefficient (Wildman–Crippen LogP) is 0.583. The van der Waals surface area contributed by atoms with Crippen LogP contribution in [-0.2, 0) is 4.57 Å². The van der Waals surface area contributed by atoms with Crippen LogP contribution in [0.4, 0.5) is 0 Å². The summed E-state index contributed by atoms with van der Waals surface area (Å²) in [6.45, 7) is 1.34. The third-order valence-corrected chi connectivity index (χ3v) is 2.02. The fraction of sp³-hybridized carbons (Fsp3) is 0.143. The van der Waals surface area contributed by atoms with Crippen LogP contribution < -0.4 is 4.52 Å². The van der Waals surface area contributed by atoms with Crippen LogP contribution in [0, 0.1) is 6.92 Å². The minimum atomic E-state index is -4.83. The average Bonchev–Trinajstić information content (AvgIpc) is 2.07. The molecule has 0 aromatic heterocycles. The van der Waals surface area contributed by atoms with Gasteiger partial charge in [-0.2, -0.15) is 0 Å². The molecule has 84 valence electrons. The van der Waals surface area contributed by atoms with Crippen molar-refractivity contribution in [3.63, 3.8) is 0 Å². The Labute approximate surface area is 84.4 Å². The summed E-state index contributed by atoms with van der Waals surface area (Å²) in [5.41, 5.74) is 0.0751. The molecule has 8 heteroatoms. The number of hydrogen-bond acceptors (Lipinski definition) is 5. The molecule has 0 saturated heterocycles. The van der Waals surface area contributed by atoms with Crippen molar-refractivity contribution in [2.75, 3.05) is 0 Å². The Morgan fingerprint density at radius 3 is 2.20 bits per heavy atom. The van der Waals surface area contributed by atoms with E-state index in [1.54, 1.807) is 0 Å². The van der Waals surface area contributed by atoms with Crippen LogP contribution in [0.15, 0.2) is 6.07 Å². The highest BCUT2D eigenvalue weighted by Gasteiger charge is 2.23. The van der Waals surface area contributed by atoms with Crippen molar-refractivity contribution in [3.05, 3.63) is 11.6 Å². The van der Waals surface area contributed by atoms with Crippen LogP contribution in [0.2, 0.25) is 0 Å². The summed E-state index contributed by atoms with van der Waals surface area (Å²) < 4.78 is 14.7. The van der Waals surface area contributed by atoms with Crippen molar-refractivity contribution in [2.24, 2.45) is 0 Å². The third kappa shape index (κ3) is 2.53. The summed E-state index contributed by atoms with van der Waals surface area (Å²) >= 11 is 0. The van der Waals surface area contributed by atoms with Crippen LogP contribution in [0.1, 0.15) is 5.56 Å². The summed E-state index contributed by atoms with van der Waals surface area (Å²) in [4.78, 5) is 17.0. The van der Waals surface area contributed by atoms with E-state index >= 15 is 0 Å². The zero-order valence-electron chi connectivity index (χ0n) is 7.58. The van der Waals surface area contributed by atoms with Crippen LogP contribution in [-0.4, -0.2) is 25.1 Å². The first-order valence-electron chi connectivity index (χ1n) is 3.72. The van der Waals surface area contributed by atoms with Gasteiger partial charge in [0.2, 0.25) is 11.5 Å². The van der Waals surface area contributed by atoms with E-state index in [-0.39, 0.29) is 5.56 Å². The topological polar surface area (TPSA) is 127 Å². The Morgan fingerprint density at radius 2 is 1.73 bits per heavy atom. The number of phosphoric acid groups is 1. The average molecular weight is 236 g/mol. The monoisotopic (exact) mass is 236 g/mol. The summed E-state index contributed by atoms with van der Waals surface area (Å²) in [7, 11) is -4.83. The number of aryl methyl sites for hydroxylation is 1. The van der Waals surface area contributed by atoms with Gasteiger partial charge in [-0.15, -0.1) is 0 Å². The smallest absolute Gasteiger partial charge is 0.504 e. The van der Waals surface area contributed by atoms with E-state index < -0.39 is 30.8 Å². The van der Waals surface area contributed by atoms with Crippen molar-refractivity contribution in [2.45, 2.75) is 6.92 Å². The molecular formula is C7H9O7P. The highest BCUT2D eigenvalue weighted by atomic mass is 31.2. The molecule has 1 aromatic rings. The van der Waals surface area contributed by atoms with E-state index in [4.69, 9.17) is 20.0 Å². The predicted molar refractivity (Wildman–Crippen MR) is 48.8 cm³/mol. The number of phenolic OH excluding ortho intramolecular Hbond substituents is 3. The highest BCUT2D eigenvalue weighted by Crippen LogP contribution is 2.49. The van der Waals surface area contributed by atoms with E-state index in [1.807, 2.05) is 0 Å². The van der Waals surface area contributed by atoms with Gasteiger partial charge < -0.3 is 19.8 Å². The fourth-order valence-electron chi connectivity index (χ4n) is 0.989. The summed E-state index contributed by atoms with van der Waals surface area (Å²) in [6.07, 6.45) is 0. The van der Waals surface area contributed by atoms with Crippen molar-refractivity contribution in [3.8, 4) is 23.0 Å². The maximum absolute atomic E-state index is 10.5. The van der Waals surface area contributed by atoms with Gasteiger partial charge in [-0.1, -0.05) is 0 Å². The van der Waals surface area contributed by atoms with Gasteiger partial charge >= 0.3 is 7.82 Å². The SMILES string of the molecule is Cc1cc(O)c(O)c(O)c1OP(=O)(O)O. The molecule has 1 aromatic carbocycles. The first-order chi connectivity index (χ1) is 6.72. The normalized spacial score (nSPS) is 11.4. The van der Waals surface area contributed by atoms with E-state index in [9.17, 15) is 9.67 Å². The molecule has 0 spiro atoms. The second kappa shape index (κ2) is 3.62. The minimum absolute atomic E-state index is 0.0751. The van der Waals surface area contributed by atoms with Gasteiger partial charge in [-0.3, -0.25) is 9.79 Å². The van der Waals surface area contributed by atoms with Crippen molar-refractivity contribution >= 4 is 7.82 Å². The molecule has 0 bridgehead atoms. The van der Waals surface area contributed by atoms with Gasteiger partial charge in [0, 0.05) is 0 Å². The second-order valence-corrected chi connectivity index (χ2v) is 3.98. The molecule has 7 nitrogen and oxygen atoms in total. The Bertz CT molecular complexity index is 435. The molecule has 5 N–H and O–H groups in total. The lowest BCUT2D eigenvalue weighted by molar-refractivity contribution is 0.273. The van der Waals surface area contributed by atoms with Gasteiger partial charge in [-0.05, 0) is 18.6 Å². The standard InChI is InChI=1S/C7H9O7P/c1-3-2-4(8)5(9)6(10)7(3)14-15(11,12)13/h2,8-10H,1H3,(H2,11,12,13). The number of hydrogen-bond donors (Lipinski definition) is 5. The van der Waals surface area contributed by atoms with Crippen LogP contribution in [0.3, 0.4) is 0 Å². The van der Waals surface area contributed by atoms with E-state index in [2.05, 4.69) is 4.52 Å². The van der Waals surface area contributed by atoms with Crippen LogP contribution >= 0.6 is 7.82 Å². The number of aromatic hydroxyl groups is 3. The number of rotatable bonds is 2. The third-order valence-electron chi connectivity index (χ3n) is 1.60. The van der Waals surface area contributed by atoms with E-state index in [0.29, 0.717) is 0 Å². The molecule has 0 saturated carbocycles. The molecule has 0 fully saturated rings. The summed E-state index contributed by atoms with van der Waals surface area (Å²) in [6, 6.07) is 1.00. The van der Waals surface area contributed by atoms with Crippen LogP contribution in [0.5, 0.6) is 23.0 Å². The zero-order valence-corrected chi connectivity index (χ0v) is 8.47. The van der Waals surface area contributed by atoms with Gasteiger partial charge in [0.05, 0.1) is 0 Å². The highest BCUT2D eigenvalue weighted by molar-refractivity contribution is 7.46. The minimum Gasteiger partial charge on any atom is -0.504 e. The Kier molecular flexibility index (Phi) is 2.81. The van der Waals surface area contributed by atoms with E-state index in [1.165, 1.54) is 6.92 Å². The van der Waals surface area contributed by atoms with Crippen molar-refractivity contribution < 1.29 is 34.2 Å². The summed E-state index contributed by atoms with van der Waals surface area (Å²) in [5, 5.41) is 27.4. The van der Waals surface area contributed by atoms with Gasteiger partial charge in [0.15, 0.2) is 11.5 Å². The van der Waals surface area contributed by atoms with Crippen molar-refractivity contribution in [1.29, 1.82) is 0 Å². The van der Waals surface area contributed by atoms with Gasteiger partial charge in [0.1, 0.15) is 0 Å². The molecule has 0 aliphatic heterocycles. The zero-order chi connectivity index (χ0) is 11.8. The molecule has 0 heterocycles. The lowest BCUT2D eigenvalue weighted by Crippen LogP contribution is -1.93. The molecule has 0 atom stereocenters. The number of benzene rings is 1. The Morgan fingerprint density at radius 1 is 1.20 bits per heavy atom. The number of phosphoric ester groups is 1. The first kappa shape index (κ1) is 11.6. The Hall–Kier alpha value is -1.43. The molecule has 0 unspecified atom stereocenters. The maximum atomic E-state index is 10.5. The van der Waals surface area contributed by atoms with Crippen molar-refractivity contribution in [1.82, 2.24) is 0 Å². The lowest BCUT2D eigenvalue weighted by atomic mass is 10.2. The van der Waals surface area contributed by atoms with E-state index in [0.717, 1.165) is 6.07 Å². The molecule has 15 heavy (non-hydrogen) atoms. The first-order valence-corrected chi connectivity index (χ1v) is 5.25. The second-order valence-electron chi connectivity index (χ2n) is 2.82. The van der Waals surface area contributed by atoms with Gasteiger partial charge in [0.25, 0.3) is 0 Å². The quantitative estimate of drug-likeness (QED) is 0.375. The molecule has 1 rings (SSSR count). The summed E-state index contributed by atoms with van der Waals surface area (Å²) in [5.74, 6) is -3.00. The fourth-order valence-corrected chi connectivity index (χ4v) is 1.46. The maximum Gasteiger partial charge on any atom is 0.524 e.